The van der Waals surface area contributed by atoms with E-state index >= 15 is 0 Å². The number of thiocarbonyl (C=S) groups is 1. The van der Waals surface area contributed by atoms with Crippen LogP contribution in [0.1, 0.15) is 0 Å². The molecule has 0 radical (unpaired) electrons. The zero-order valence-electron chi connectivity index (χ0n) is 8.83. The molecule has 0 fully saturated rings. The maximum Gasteiger partial charge on any atom is 0.242 e. The van der Waals surface area contributed by atoms with Crippen molar-refractivity contribution in [3.8, 4) is 0 Å². The van der Waals surface area contributed by atoms with Crippen LogP contribution in [0.2, 0.25) is 19.6 Å². The largest absolute Gasteiger partial charge is 0.543 e. The second kappa shape index (κ2) is 5.11. The standard InChI is InChI=1S/C8H15NO3SSi/c1-6(12-14(3,4)5)7(8(10)13)9-11-2/h1H2,2-5H3,(H,10,13). The molecular formula is C8H15NO3SSi. The van der Waals surface area contributed by atoms with Crippen molar-refractivity contribution >= 4 is 31.3 Å². The van der Waals surface area contributed by atoms with Gasteiger partial charge in [-0.2, -0.15) is 0 Å². The molecular weight excluding hydrogens is 218 g/mol. The van der Waals surface area contributed by atoms with Crippen LogP contribution in [0.5, 0.6) is 0 Å². The van der Waals surface area contributed by atoms with Crippen LogP contribution in [0.25, 0.3) is 0 Å². The summed E-state index contributed by atoms with van der Waals surface area (Å²) in [6.45, 7) is 9.60. The quantitative estimate of drug-likeness (QED) is 0.260. The van der Waals surface area contributed by atoms with Crippen molar-refractivity contribution in [2.24, 2.45) is 5.16 Å². The van der Waals surface area contributed by atoms with Crippen molar-refractivity contribution in [3.05, 3.63) is 12.3 Å². The van der Waals surface area contributed by atoms with Gasteiger partial charge in [-0.15, -0.1) is 0 Å². The molecule has 0 aromatic carbocycles. The van der Waals surface area contributed by atoms with Crippen molar-refractivity contribution in [2.75, 3.05) is 7.11 Å². The Hall–Kier alpha value is -0.883. The number of hydrogen-bond donors (Lipinski definition) is 1. The Morgan fingerprint density at radius 1 is 1.43 bits per heavy atom. The average molecular weight is 233 g/mol. The fourth-order valence-electron chi connectivity index (χ4n) is 0.718. The average Bonchev–Trinajstić information content (AvgIpc) is 1.95. The molecule has 14 heavy (non-hydrogen) atoms. The second-order valence-electron chi connectivity index (χ2n) is 3.57. The lowest BCUT2D eigenvalue weighted by Gasteiger charge is -2.20. The lowest BCUT2D eigenvalue weighted by atomic mass is 10.3. The molecule has 0 spiro atoms. The Balaban J connectivity index is 4.64. The van der Waals surface area contributed by atoms with E-state index < -0.39 is 8.32 Å². The highest BCUT2D eigenvalue weighted by Gasteiger charge is 2.21. The van der Waals surface area contributed by atoms with Crippen LogP contribution >= 0.6 is 12.2 Å². The Morgan fingerprint density at radius 2 is 1.93 bits per heavy atom. The first-order valence-electron chi connectivity index (χ1n) is 4.00. The summed E-state index contributed by atoms with van der Waals surface area (Å²) < 4.78 is 5.50. The van der Waals surface area contributed by atoms with E-state index in [0.29, 0.717) is 0 Å². The summed E-state index contributed by atoms with van der Waals surface area (Å²) in [4.78, 5) is 4.52. The molecule has 0 atom stereocenters. The van der Waals surface area contributed by atoms with Gasteiger partial charge in [0.15, 0.2) is 5.71 Å². The summed E-state index contributed by atoms with van der Waals surface area (Å²) in [5, 5.41) is 12.3. The van der Waals surface area contributed by atoms with Gasteiger partial charge in [0.05, 0.1) is 0 Å². The zero-order chi connectivity index (χ0) is 11.4. The molecule has 0 rings (SSSR count). The summed E-state index contributed by atoms with van der Waals surface area (Å²) in [6.07, 6.45) is 0. The molecule has 0 aromatic heterocycles. The van der Waals surface area contributed by atoms with Gasteiger partial charge in [0.2, 0.25) is 13.4 Å². The van der Waals surface area contributed by atoms with Crippen LogP contribution < -0.4 is 0 Å². The van der Waals surface area contributed by atoms with E-state index in [9.17, 15) is 0 Å². The van der Waals surface area contributed by atoms with E-state index in [-0.39, 0.29) is 16.5 Å². The molecule has 4 nitrogen and oxygen atoms in total. The minimum Gasteiger partial charge on any atom is -0.543 e. The van der Waals surface area contributed by atoms with Crippen LogP contribution in [-0.2, 0) is 9.26 Å². The normalized spacial score (nSPS) is 12.1. The van der Waals surface area contributed by atoms with Crippen LogP contribution in [0.4, 0.5) is 0 Å². The van der Waals surface area contributed by atoms with Gasteiger partial charge in [-0.05, 0) is 31.9 Å². The van der Waals surface area contributed by atoms with Crippen molar-refractivity contribution in [3.63, 3.8) is 0 Å². The van der Waals surface area contributed by atoms with Gasteiger partial charge in [-0.1, -0.05) is 11.7 Å². The maximum atomic E-state index is 9.11. The predicted octanol–water partition coefficient (Wildman–Crippen LogP) is 2.24. The zero-order valence-corrected chi connectivity index (χ0v) is 10.6. The minimum atomic E-state index is -1.76. The lowest BCUT2D eigenvalue weighted by Crippen LogP contribution is -2.29. The minimum absolute atomic E-state index is 0.0740. The molecule has 0 aliphatic rings. The van der Waals surface area contributed by atoms with Gasteiger partial charge in [0.1, 0.15) is 12.9 Å². The van der Waals surface area contributed by atoms with Gasteiger partial charge in [-0.3, -0.25) is 0 Å². The lowest BCUT2D eigenvalue weighted by molar-refractivity contribution is 0.212. The summed E-state index contributed by atoms with van der Waals surface area (Å²) in [7, 11) is -0.403. The van der Waals surface area contributed by atoms with Gasteiger partial charge in [0.25, 0.3) is 0 Å². The molecule has 0 bridgehead atoms. The van der Waals surface area contributed by atoms with E-state index in [1.807, 2.05) is 19.6 Å². The molecule has 0 aliphatic heterocycles. The third-order valence-electron chi connectivity index (χ3n) is 1.08. The number of aliphatic hydroxyl groups is 1. The van der Waals surface area contributed by atoms with Gasteiger partial charge < -0.3 is 14.4 Å². The molecule has 0 saturated carbocycles. The van der Waals surface area contributed by atoms with Gasteiger partial charge >= 0.3 is 0 Å². The van der Waals surface area contributed by atoms with Crippen LogP contribution in [0, 0.1) is 0 Å². The number of aliphatic hydroxyl groups excluding tert-OH is 1. The topological polar surface area (TPSA) is 51.0 Å². The Kier molecular flexibility index (Phi) is 4.79. The Morgan fingerprint density at radius 3 is 2.21 bits per heavy atom. The molecule has 0 unspecified atom stereocenters. The first kappa shape index (κ1) is 13.1. The molecule has 80 valence electrons. The fraction of sp³-hybridized carbons (Fsp3) is 0.500. The van der Waals surface area contributed by atoms with E-state index in [1.54, 1.807) is 0 Å². The van der Waals surface area contributed by atoms with E-state index in [2.05, 4.69) is 28.8 Å². The maximum absolute atomic E-state index is 9.11. The van der Waals surface area contributed by atoms with Crippen molar-refractivity contribution in [2.45, 2.75) is 19.6 Å². The summed E-state index contributed by atoms with van der Waals surface area (Å²) >= 11 is 4.57. The van der Waals surface area contributed by atoms with Crippen LogP contribution in [-0.4, -0.2) is 31.3 Å². The highest BCUT2D eigenvalue weighted by molar-refractivity contribution is 7.81. The van der Waals surface area contributed by atoms with Gasteiger partial charge in [0, 0.05) is 0 Å². The summed E-state index contributed by atoms with van der Waals surface area (Å²) in [6, 6.07) is 0. The van der Waals surface area contributed by atoms with Crippen LogP contribution in [0.15, 0.2) is 17.5 Å². The first-order valence-corrected chi connectivity index (χ1v) is 7.82. The van der Waals surface area contributed by atoms with E-state index in [0.717, 1.165) is 0 Å². The fourth-order valence-corrected chi connectivity index (χ4v) is 1.71. The molecule has 0 aromatic rings. The molecule has 0 aliphatic carbocycles. The molecule has 0 amide bonds. The van der Waals surface area contributed by atoms with E-state index in [4.69, 9.17) is 9.53 Å². The van der Waals surface area contributed by atoms with Crippen molar-refractivity contribution in [1.82, 2.24) is 0 Å². The molecule has 0 heterocycles. The molecule has 0 saturated heterocycles. The number of oxime groups is 1. The third-order valence-corrected chi connectivity index (χ3v) is 2.13. The van der Waals surface area contributed by atoms with E-state index in [1.165, 1.54) is 7.11 Å². The predicted molar refractivity (Wildman–Crippen MR) is 63.2 cm³/mol. The molecule has 1 N–H and O–H groups in total. The second-order valence-corrected chi connectivity index (χ2v) is 8.38. The van der Waals surface area contributed by atoms with Gasteiger partial charge in [-0.25, -0.2) is 0 Å². The smallest absolute Gasteiger partial charge is 0.242 e. The van der Waals surface area contributed by atoms with Crippen molar-refractivity contribution < 1.29 is 14.4 Å². The monoisotopic (exact) mass is 233 g/mol. The highest BCUT2D eigenvalue weighted by atomic mass is 32.1. The van der Waals surface area contributed by atoms with Crippen LogP contribution in [0.3, 0.4) is 0 Å². The number of rotatable bonds is 5. The molecule has 6 heteroatoms. The summed E-state index contributed by atoms with van der Waals surface area (Å²) in [5.41, 5.74) is 0.0740. The first-order chi connectivity index (χ1) is 6.28. The third kappa shape index (κ3) is 4.98. The number of hydrogen-bond acceptors (Lipinski definition) is 4. The SMILES string of the molecule is C=C(O[Si](C)(C)C)C(=NOC)C(O)=S. The summed E-state index contributed by atoms with van der Waals surface area (Å²) in [5.74, 6) is 0.249. The van der Waals surface area contributed by atoms with Crippen molar-refractivity contribution in [1.29, 1.82) is 0 Å². The number of nitrogens with zero attached hydrogens (tertiary/aromatic N) is 1. The highest BCUT2D eigenvalue weighted by Crippen LogP contribution is 2.11. The Bertz CT molecular complexity index is 270. The Labute approximate surface area is 90.3 Å².